The van der Waals surface area contributed by atoms with Gasteiger partial charge in [0.05, 0.1) is 17.4 Å². The fourth-order valence-corrected chi connectivity index (χ4v) is 3.14. The van der Waals surface area contributed by atoms with E-state index in [4.69, 9.17) is 4.74 Å². The summed E-state index contributed by atoms with van der Waals surface area (Å²) in [5, 5.41) is 4.36. The molecule has 1 fully saturated rings. The number of rotatable bonds is 2. The first kappa shape index (κ1) is 15.6. The van der Waals surface area contributed by atoms with Gasteiger partial charge in [0.25, 0.3) is 0 Å². The summed E-state index contributed by atoms with van der Waals surface area (Å²) < 4.78 is 7.29. The zero-order valence-electron chi connectivity index (χ0n) is 14.2. The number of hydrogen-bond acceptors (Lipinski definition) is 4. The number of aryl methyl sites for hydroxylation is 1. The van der Waals surface area contributed by atoms with E-state index >= 15 is 0 Å². The number of nitrogens with zero attached hydrogens (tertiary/aromatic N) is 4. The van der Waals surface area contributed by atoms with Crippen LogP contribution in [0.15, 0.2) is 42.7 Å². The Bertz CT molecular complexity index is 913. The number of hydrogen-bond donors (Lipinski definition) is 0. The molecule has 0 N–H and O–H groups in total. The molecule has 0 atom stereocenters. The molecule has 1 aliphatic heterocycles. The van der Waals surface area contributed by atoms with E-state index < -0.39 is 0 Å². The molecule has 1 amide bonds. The second-order valence-electron chi connectivity index (χ2n) is 6.37. The summed E-state index contributed by atoms with van der Waals surface area (Å²) in [5.41, 5.74) is 3.79. The standard InChI is InChI=1S/C19H20N4O2/c1-14-8-11-23-17(12-14)15(13-20-23)16-6-5-7-18(21-16)25-19(24)22-9-3-2-4-10-22/h5-8,11-13H,2-4,9-10H2,1H3. The molecule has 1 saturated heterocycles. The summed E-state index contributed by atoms with van der Waals surface area (Å²) in [5.74, 6) is 0.320. The molecule has 3 aromatic heterocycles. The first-order valence-corrected chi connectivity index (χ1v) is 8.59. The Hall–Kier alpha value is -2.89. The molecule has 25 heavy (non-hydrogen) atoms. The summed E-state index contributed by atoms with van der Waals surface area (Å²) in [4.78, 5) is 18.5. The Labute approximate surface area is 146 Å². The monoisotopic (exact) mass is 336 g/mol. The van der Waals surface area contributed by atoms with Crippen LogP contribution >= 0.6 is 0 Å². The van der Waals surface area contributed by atoms with Gasteiger partial charge < -0.3 is 9.64 Å². The summed E-state index contributed by atoms with van der Waals surface area (Å²) >= 11 is 0. The van der Waals surface area contributed by atoms with Gasteiger partial charge in [-0.3, -0.25) is 0 Å². The van der Waals surface area contributed by atoms with Crippen LogP contribution in [-0.2, 0) is 0 Å². The fourth-order valence-electron chi connectivity index (χ4n) is 3.14. The highest BCUT2D eigenvalue weighted by Crippen LogP contribution is 2.25. The lowest BCUT2D eigenvalue weighted by atomic mass is 10.1. The Balaban J connectivity index is 1.60. The molecular formula is C19H20N4O2. The first-order valence-electron chi connectivity index (χ1n) is 8.59. The van der Waals surface area contributed by atoms with E-state index in [-0.39, 0.29) is 6.09 Å². The molecule has 4 rings (SSSR count). The highest BCUT2D eigenvalue weighted by molar-refractivity contribution is 5.78. The topological polar surface area (TPSA) is 59.7 Å². The van der Waals surface area contributed by atoms with Crippen molar-refractivity contribution in [2.24, 2.45) is 0 Å². The summed E-state index contributed by atoms with van der Waals surface area (Å²) in [6.45, 7) is 3.55. The van der Waals surface area contributed by atoms with Crippen molar-refractivity contribution in [2.75, 3.05) is 13.1 Å². The molecule has 1 aliphatic rings. The quantitative estimate of drug-likeness (QED) is 0.716. The van der Waals surface area contributed by atoms with Crippen LogP contribution in [0.5, 0.6) is 5.88 Å². The number of carbonyl (C=O) groups is 1. The number of piperidine rings is 1. The molecule has 6 nitrogen and oxygen atoms in total. The second kappa shape index (κ2) is 6.55. The van der Waals surface area contributed by atoms with Gasteiger partial charge in [-0.2, -0.15) is 5.10 Å². The maximum absolute atomic E-state index is 12.3. The third kappa shape index (κ3) is 3.20. The summed E-state index contributed by atoms with van der Waals surface area (Å²) in [7, 11) is 0. The van der Waals surface area contributed by atoms with E-state index in [1.54, 1.807) is 17.2 Å². The van der Waals surface area contributed by atoms with Crippen LogP contribution in [0.4, 0.5) is 4.79 Å². The van der Waals surface area contributed by atoms with Crippen LogP contribution < -0.4 is 4.74 Å². The van der Waals surface area contributed by atoms with Gasteiger partial charge in [0.15, 0.2) is 0 Å². The van der Waals surface area contributed by atoms with Gasteiger partial charge in [-0.15, -0.1) is 0 Å². The third-order valence-corrected chi connectivity index (χ3v) is 4.48. The van der Waals surface area contributed by atoms with Gasteiger partial charge in [-0.25, -0.2) is 14.3 Å². The van der Waals surface area contributed by atoms with E-state index in [0.717, 1.165) is 48.3 Å². The predicted molar refractivity (Wildman–Crippen MR) is 94.6 cm³/mol. The van der Waals surface area contributed by atoms with Gasteiger partial charge in [-0.1, -0.05) is 6.07 Å². The minimum Gasteiger partial charge on any atom is -0.391 e. The SMILES string of the molecule is Cc1ccn2ncc(-c3cccc(OC(=O)N4CCCCC4)n3)c2c1. The van der Waals surface area contributed by atoms with Crippen LogP contribution in [0.3, 0.4) is 0 Å². The number of fused-ring (bicyclic) bond motifs is 1. The largest absolute Gasteiger partial charge is 0.416 e. The van der Waals surface area contributed by atoms with Gasteiger partial charge in [0, 0.05) is 30.9 Å². The zero-order valence-corrected chi connectivity index (χ0v) is 14.2. The van der Waals surface area contributed by atoms with E-state index in [1.165, 1.54) is 6.42 Å². The molecule has 3 aromatic rings. The summed E-state index contributed by atoms with van der Waals surface area (Å²) in [6, 6.07) is 9.53. The van der Waals surface area contributed by atoms with Crippen LogP contribution in [0.2, 0.25) is 0 Å². The average molecular weight is 336 g/mol. The normalized spacial score (nSPS) is 14.7. The Kier molecular flexibility index (Phi) is 4.09. The first-order chi connectivity index (χ1) is 12.2. The van der Waals surface area contributed by atoms with Crippen molar-refractivity contribution in [1.29, 1.82) is 0 Å². The number of aromatic nitrogens is 3. The van der Waals surface area contributed by atoms with Crippen molar-refractivity contribution in [2.45, 2.75) is 26.2 Å². The van der Waals surface area contributed by atoms with E-state index in [0.29, 0.717) is 5.88 Å². The Morgan fingerprint density at radius 1 is 1.16 bits per heavy atom. The van der Waals surface area contributed by atoms with E-state index in [2.05, 4.69) is 16.1 Å². The minimum atomic E-state index is -0.319. The maximum atomic E-state index is 12.3. The number of pyridine rings is 2. The molecule has 128 valence electrons. The average Bonchev–Trinajstić information content (AvgIpc) is 3.05. The highest BCUT2D eigenvalue weighted by atomic mass is 16.6. The minimum absolute atomic E-state index is 0.319. The number of amides is 1. The van der Waals surface area contributed by atoms with Gasteiger partial charge in [-0.05, 0) is 49.9 Å². The van der Waals surface area contributed by atoms with Crippen molar-refractivity contribution in [3.8, 4) is 17.1 Å². The Morgan fingerprint density at radius 3 is 2.84 bits per heavy atom. The number of likely N-dealkylation sites (tertiary alicyclic amines) is 1. The van der Waals surface area contributed by atoms with Crippen molar-refractivity contribution < 1.29 is 9.53 Å². The maximum Gasteiger partial charge on any atom is 0.416 e. The second-order valence-corrected chi connectivity index (χ2v) is 6.37. The lowest BCUT2D eigenvalue weighted by molar-refractivity contribution is 0.141. The van der Waals surface area contributed by atoms with Gasteiger partial charge >= 0.3 is 6.09 Å². The molecule has 0 radical (unpaired) electrons. The molecular weight excluding hydrogens is 316 g/mol. The molecule has 0 saturated carbocycles. The molecule has 0 unspecified atom stereocenters. The molecule has 0 aliphatic carbocycles. The van der Waals surface area contributed by atoms with E-state index in [1.807, 2.05) is 35.8 Å². The van der Waals surface area contributed by atoms with Crippen LogP contribution in [0.25, 0.3) is 16.8 Å². The Morgan fingerprint density at radius 2 is 2.00 bits per heavy atom. The molecule has 0 bridgehead atoms. The van der Waals surface area contributed by atoms with Crippen molar-refractivity contribution >= 4 is 11.6 Å². The number of ether oxygens (including phenoxy) is 1. The predicted octanol–water partition coefficient (Wildman–Crippen LogP) is 3.69. The molecule has 6 heteroatoms. The van der Waals surface area contributed by atoms with Crippen molar-refractivity contribution in [1.82, 2.24) is 19.5 Å². The molecule has 0 spiro atoms. The molecule has 4 heterocycles. The number of carbonyl (C=O) groups excluding carboxylic acids is 1. The van der Waals surface area contributed by atoms with Gasteiger partial charge in [0.2, 0.25) is 5.88 Å². The van der Waals surface area contributed by atoms with Crippen LogP contribution in [-0.4, -0.2) is 38.7 Å². The highest BCUT2D eigenvalue weighted by Gasteiger charge is 2.19. The fraction of sp³-hybridized carbons (Fsp3) is 0.316. The van der Waals surface area contributed by atoms with Crippen molar-refractivity contribution in [3.63, 3.8) is 0 Å². The lowest BCUT2D eigenvalue weighted by Gasteiger charge is -2.25. The van der Waals surface area contributed by atoms with Gasteiger partial charge in [0.1, 0.15) is 0 Å². The molecule has 0 aromatic carbocycles. The lowest BCUT2D eigenvalue weighted by Crippen LogP contribution is -2.37. The van der Waals surface area contributed by atoms with Crippen LogP contribution in [0.1, 0.15) is 24.8 Å². The summed E-state index contributed by atoms with van der Waals surface area (Å²) in [6.07, 6.45) is 6.63. The van der Waals surface area contributed by atoms with Crippen LogP contribution in [0, 0.1) is 6.92 Å². The zero-order chi connectivity index (χ0) is 17.2. The smallest absolute Gasteiger partial charge is 0.391 e. The third-order valence-electron chi connectivity index (χ3n) is 4.48. The van der Waals surface area contributed by atoms with E-state index in [9.17, 15) is 4.79 Å². The van der Waals surface area contributed by atoms with Crippen molar-refractivity contribution in [3.05, 3.63) is 48.3 Å².